The molecule has 1 aliphatic heterocycles. The molecule has 1 unspecified atom stereocenters. The number of hydrazine groups is 1. The zero-order valence-corrected chi connectivity index (χ0v) is 6.63. The predicted molar refractivity (Wildman–Crippen MR) is 41.9 cm³/mol. The van der Waals surface area contributed by atoms with Crippen LogP contribution in [0.1, 0.15) is 13.8 Å². The highest BCUT2D eigenvalue weighted by Gasteiger charge is 2.15. The molecule has 4 nitrogen and oxygen atoms in total. The Hall–Kier alpha value is -0.610. The maximum atomic E-state index is 5.55. The molecular formula is C5H9ClN4. The van der Waals surface area contributed by atoms with Gasteiger partial charge in [0.25, 0.3) is 0 Å². The van der Waals surface area contributed by atoms with Gasteiger partial charge in [0.1, 0.15) is 12.0 Å². The van der Waals surface area contributed by atoms with Gasteiger partial charge in [0.05, 0.1) is 0 Å². The van der Waals surface area contributed by atoms with E-state index in [4.69, 9.17) is 17.4 Å². The minimum atomic E-state index is -0.106. The highest BCUT2D eigenvalue weighted by atomic mass is 35.5. The topological polar surface area (TPSA) is 54.0 Å². The van der Waals surface area contributed by atoms with Crippen LogP contribution in [0, 0.1) is 0 Å². The van der Waals surface area contributed by atoms with Crippen LogP contribution in [0.25, 0.3) is 0 Å². The highest BCUT2D eigenvalue weighted by Crippen LogP contribution is 2.06. The molecule has 1 aliphatic rings. The van der Waals surface area contributed by atoms with Gasteiger partial charge in [-0.3, -0.25) is 5.01 Å². The van der Waals surface area contributed by atoms with Gasteiger partial charge in [-0.2, -0.15) is 0 Å². The minimum absolute atomic E-state index is 0.106. The Balaban J connectivity index is 2.85. The van der Waals surface area contributed by atoms with Crippen LogP contribution < -0.4 is 5.84 Å². The third kappa shape index (κ3) is 1.27. The first-order valence-corrected chi connectivity index (χ1v) is 3.31. The SMILES string of the molecule is CC1=NC(Cl)=NC(C)N1N. The van der Waals surface area contributed by atoms with E-state index in [1.165, 1.54) is 5.01 Å². The lowest BCUT2D eigenvalue weighted by molar-refractivity contribution is 0.345. The van der Waals surface area contributed by atoms with Gasteiger partial charge in [-0.05, 0) is 25.4 Å². The number of amidine groups is 2. The summed E-state index contributed by atoms with van der Waals surface area (Å²) < 4.78 is 0. The van der Waals surface area contributed by atoms with Crippen molar-refractivity contribution < 1.29 is 0 Å². The number of hydrogen-bond acceptors (Lipinski definition) is 4. The van der Waals surface area contributed by atoms with Gasteiger partial charge in [0.2, 0.25) is 5.29 Å². The Kier molecular flexibility index (Phi) is 1.92. The monoisotopic (exact) mass is 160 g/mol. The van der Waals surface area contributed by atoms with Crippen LogP contribution in [-0.4, -0.2) is 22.3 Å². The third-order valence-corrected chi connectivity index (χ3v) is 1.51. The van der Waals surface area contributed by atoms with Crippen molar-refractivity contribution >= 4 is 22.7 Å². The van der Waals surface area contributed by atoms with Gasteiger partial charge in [-0.15, -0.1) is 0 Å². The van der Waals surface area contributed by atoms with Crippen LogP contribution in [0.2, 0.25) is 0 Å². The Morgan fingerprint density at radius 2 is 2.30 bits per heavy atom. The molecule has 2 N–H and O–H groups in total. The van der Waals surface area contributed by atoms with Crippen LogP contribution in [0.5, 0.6) is 0 Å². The minimum Gasteiger partial charge on any atom is -0.274 e. The largest absolute Gasteiger partial charge is 0.274 e. The van der Waals surface area contributed by atoms with Crippen molar-refractivity contribution in [2.24, 2.45) is 15.8 Å². The van der Waals surface area contributed by atoms with Gasteiger partial charge in [-0.25, -0.2) is 15.8 Å². The first kappa shape index (κ1) is 7.50. The molecule has 0 amide bonds. The average Bonchev–Trinajstić information content (AvgIpc) is 1.82. The van der Waals surface area contributed by atoms with Crippen LogP contribution in [0.3, 0.4) is 0 Å². The van der Waals surface area contributed by atoms with Crippen molar-refractivity contribution in [2.45, 2.75) is 20.0 Å². The summed E-state index contributed by atoms with van der Waals surface area (Å²) in [7, 11) is 0. The van der Waals surface area contributed by atoms with Gasteiger partial charge >= 0.3 is 0 Å². The summed E-state index contributed by atoms with van der Waals surface area (Å²) in [5.41, 5.74) is 0. The number of halogens is 1. The van der Waals surface area contributed by atoms with E-state index < -0.39 is 0 Å². The van der Waals surface area contributed by atoms with E-state index in [0.717, 1.165) is 0 Å². The smallest absolute Gasteiger partial charge is 0.221 e. The quantitative estimate of drug-likeness (QED) is 0.415. The fraction of sp³-hybridized carbons (Fsp3) is 0.600. The van der Waals surface area contributed by atoms with Crippen molar-refractivity contribution in [3.05, 3.63) is 0 Å². The standard InChI is InChI=1S/C5H9ClN4/c1-3-8-5(6)9-4(2)10(3)7/h3H,7H2,1-2H3. The fourth-order valence-electron chi connectivity index (χ4n) is 0.707. The lowest BCUT2D eigenvalue weighted by Gasteiger charge is -2.25. The summed E-state index contributed by atoms with van der Waals surface area (Å²) in [6, 6.07) is 0. The van der Waals surface area contributed by atoms with E-state index in [1.807, 2.05) is 6.92 Å². The second-order valence-electron chi connectivity index (χ2n) is 2.10. The molecule has 0 saturated carbocycles. The third-order valence-electron chi connectivity index (χ3n) is 1.32. The first-order chi connectivity index (χ1) is 4.61. The summed E-state index contributed by atoms with van der Waals surface area (Å²) in [4.78, 5) is 7.76. The molecule has 0 aliphatic carbocycles. The molecule has 1 atom stereocenters. The molecule has 0 bridgehead atoms. The van der Waals surface area contributed by atoms with E-state index in [2.05, 4.69) is 9.98 Å². The average molecular weight is 161 g/mol. The number of hydrogen-bond donors (Lipinski definition) is 1. The number of aliphatic imine (C=N–C) groups is 2. The number of nitrogens with zero attached hydrogens (tertiary/aromatic N) is 3. The molecule has 5 heteroatoms. The van der Waals surface area contributed by atoms with Gasteiger partial charge < -0.3 is 0 Å². The van der Waals surface area contributed by atoms with Crippen LogP contribution in [0.15, 0.2) is 9.98 Å². The van der Waals surface area contributed by atoms with Crippen molar-refractivity contribution in [1.29, 1.82) is 0 Å². The molecule has 1 heterocycles. The van der Waals surface area contributed by atoms with Gasteiger partial charge in [0, 0.05) is 0 Å². The Labute approximate surface area is 64.4 Å². The highest BCUT2D eigenvalue weighted by molar-refractivity contribution is 6.65. The molecule has 0 aromatic rings. The molecule has 0 radical (unpaired) electrons. The van der Waals surface area contributed by atoms with Crippen molar-refractivity contribution in [3.63, 3.8) is 0 Å². The summed E-state index contributed by atoms with van der Waals surface area (Å²) in [6.07, 6.45) is -0.106. The molecule has 10 heavy (non-hydrogen) atoms. The Morgan fingerprint density at radius 1 is 1.70 bits per heavy atom. The molecule has 56 valence electrons. The maximum absolute atomic E-state index is 5.55. The molecule has 0 saturated heterocycles. The van der Waals surface area contributed by atoms with Crippen molar-refractivity contribution in [3.8, 4) is 0 Å². The number of rotatable bonds is 0. The Morgan fingerprint density at radius 3 is 2.80 bits per heavy atom. The molecular weight excluding hydrogens is 152 g/mol. The normalized spacial score (nSPS) is 26.0. The lowest BCUT2D eigenvalue weighted by atomic mass is 10.5. The summed E-state index contributed by atoms with van der Waals surface area (Å²) >= 11 is 5.55. The zero-order valence-electron chi connectivity index (χ0n) is 5.87. The van der Waals surface area contributed by atoms with Crippen LogP contribution in [0.4, 0.5) is 0 Å². The fourth-order valence-corrected chi connectivity index (χ4v) is 0.970. The summed E-state index contributed by atoms with van der Waals surface area (Å²) in [5.74, 6) is 6.21. The second kappa shape index (κ2) is 2.56. The predicted octanol–water partition coefficient (Wildman–Crippen LogP) is 0.535. The van der Waals surface area contributed by atoms with Gasteiger partial charge in [-0.1, -0.05) is 0 Å². The first-order valence-electron chi connectivity index (χ1n) is 2.94. The second-order valence-corrected chi connectivity index (χ2v) is 2.43. The van der Waals surface area contributed by atoms with E-state index in [9.17, 15) is 0 Å². The summed E-state index contributed by atoms with van der Waals surface area (Å²) in [6.45, 7) is 3.63. The molecule has 0 aromatic carbocycles. The maximum Gasteiger partial charge on any atom is 0.221 e. The number of nitrogens with two attached hydrogens (primary N) is 1. The van der Waals surface area contributed by atoms with E-state index in [-0.39, 0.29) is 11.5 Å². The summed E-state index contributed by atoms with van der Waals surface area (Å²) in [5, 5.41) is 1.73. The van der Waals surface area contributed by atoms with Crippen LogP contribution in [-0.2, 0) is 0 Å². The lowest BCUT2D eigenvalue weighted by Crippen LogP contribution is -2.44. The van der Waals surface area contributed by atoms with Crippen LogP contribution >= 0.6 is 11.6 Å². The molecule has 1 rings (SSSR count). The Bertz CT molecular complexity index is 198. The molecule has 0 fully saturated rings. The zero-order chi connectivity index (χ0) is 7.72. The van der Waals surface area contributed by atoms with Crippen molar-refractivity contribution in [2.75, 3.05) is 0 Å². The van der Waals surface area contributed by atoms with E-state index in [1.54, 1.807) is 6.92 Å². The molecule has 0 aromatic heterocycles. The van der Waals surface area contributed by atoms with Gasteiger partial charge in [0.15, 0.2) is 0 Å². The van der Waals surface area contributed by atoms with E-state index in [0.29, 0.717) is 5.84 Å². The molecule has 0 spiro atoms. The van der Waals surface area contributed by atoms with E-state index >= 15 is 0 Å². The van der Waals surface area contributed by atoms with Crippen molar-refractivity contribution in [1.82, 2.24) is 5.01 Å².